The first-order valence-electron chi connectivity index (χ1n) is 10.2. The van der Waals surface area contributed by atoms with Crippen LogP contribution in [0.15, 0.2) is 70.7 Å². The number of benzene rings is 3. The summed E-state index contributed by atoms with van der Waals surface area (Å²) in [4.78, 5) is 22.5. The number of hydrazone groups is 1. The molecule has 0 aliphatic carbocycles. The van der Waals surface area contributed by atoms with Gasteiger partial charge in [0, 0.05) is 17.7 Å². The zero-order valence-corrected chi connectivity index (χ0v) is 21.6. The first kappa shape index (κ1) is 26.1. The van der Waals surface area contributed by atoms with Crippen LogP contribution in [0.2, 0.25) is 0 Å². The van der Waals surface area contributed by atoms with Crippen molar-refractivity contribution in [1.82, 2.24) is 5.43 Å². The number of amides is 1. The maximum Gasteiger partial charge on any atom is 0.339 e. The van der Waals surface area contributed by atoms with E-state index in [4.69, 9.17) is 8.92 Å². The highest BCUT2D eigenvalue weighted by Crippen LogP contribution is 2.36. The Hall–Kier alpha value is -3.52. The number of aryl methyl sites for hydroxylation is 1. The molecule has 0 bridgehead atoms. The molecular formula is C23H20IN3O7S. The molecule has 0 aliphatic heterocycles. The summed E-state index contributed by atoms with van der Waals surface area (Å²) >= 11 is 1.92. The Kier molecular flexibility index (Phi) is 8.40. The normalized spacial score (nSPS) is 11.3. The number of carbonyl (C=O) groups excluding carboxylic acids is 1. The first-order valence-corrected chi connectivity index (χ1v) is 12.6. The smallest absolute Gasteiger partial charge is 0.339 e. The van der Waals surface area contributed by atoms with Crippen LogP contribution in [0.4, 0.5) is 5.69 Å². The summed E-state index contributed by atoms with van der Waals surface area (Å²) in [5.41, 5.74) is 3.57. The lowest BCUT2D eigenvalue weighted by atomic mass is 10.2. The van der Waals surface area contributed by atoms with Crippen molar-refractivity contribution in [1.29, 1.82) is 0 Å². The fourth-order valence-electron chi connectivity index (χ4n) is 2.86. The monoisotopic (exact) mass is 609 g/mol. The van der Waals surface area contributed by atoms with E-state index in [9.17, 15) is 23.3 Å². The number of ether oxygens (including phenoxy) is 1. The minimum atomic E-state index is -4.10. The minimum Gasteiger partial charge on any atom is -0.490 e. The molecule has 10 nitrogen and oxygen atoms in total. The zero-order valence-electron chi connectivity index (χ0n) is 18.6. The molecule has 0 heterocycles. The molecule has 0 aliphatic rings. The second-order valence-electron chi connectivity index (χ2n) is 7.12. The molecule has 0 fully saturated rings. The number of carbonyl (C=O) groups is 1. The Balaban J connectivity index is 1.81. The Morgan fingerprint density at radius 1 is 1.17 bits per heavy atom. The van der Waals surface area contributed by atoms with Crippen LogP contribution in [0.1, 0.15) is 28.4 Å². The van der Waals surface area contributed by atoms with Gasteiger partial charge in [-0.25, -0.2) is 5.43 Å². The second-order valence-corrected chi connectivity index (χ2v) is 9.83. The number of nitrogens with one attached hydrogen (secondary N) is 1. The summed E-state index contributed by atoms with van der Waals surface area (Å²) in [5.74, 6) is -0.416. The average molecular weight is 609 g/mol. The second kappa shape index (κ2) is 11.3. The molecule has 0 unspecified atom stereocenters. The molecule has 3 rings (SSSR count). The highest BCUT2D eigenvalue weighted by molar-refractivity contribution is 14.1. The third kappa shape index (κ3) is 6.76. The van der Waals surface area contributed by atoms with Gasteiger partial charge in [-0.1, -0.05) is 23.8 Å². The number of rotatable bonds is 9. The maximum atomic E-state index is 12.8. The van der Waals surface area contributed by atoms with Crippen LogP contribution in [0.25, 0.3) is 0 Å². The van der Waals surface area contributed by atoms with Crippen molar-refractivity contribution in [3.63, 3.8) is 0 Å². The Labute approximate surface area is 215 Å². The van der Waals surface area contributed by atoms with E-state index in [0.717, 1.165) is 11.6 Å². The Morgan fingerprint density at radius 3 is 2.54 bits per heavy atom. The van der Waals surface area contributed by atoms with Gasteiger partial charge in [-0.2, -0.15) is 13.5 Å². The lowest BCUT2D eigenvalue weighted by Gasteiger charge is -2.14. The molecular weight excluding hydrogens is 589 g/mol. The Bertz CT molecular complexity index is 1390. The maximum absolute atomic E-state index is 12.8. The number of nitrogens with zero attached hydrogens (tertiary/aromatic N) is 2. The SMILES string of the molecule is CCOc1cc(/C=N\NC(=O)c2cccc([N+](=O)[O-])c2)cc(I)c1OS(=O)(=O)c1ccc(C)cc1. The number of nitro benzene ring substituents is 1. The van der Waals surface area contributed by atoms with Crippen LogP contribution in [0.5, 0.6) is 11.5 Å². The van der Waals surface area contributed by atoms with E-state index < -0.39 is 20.9 Å². The molecule has 0 saturated carbocycles. The van der Waals surface area contributed by atoms with Crippen molar-refractivity contribution in [3.05, 3.63) is 91.0 Å². The van der Waals surface area contributed by atoms with Gasteiger partial charge in [0.05, 0.1) is 21.3 Å². The van der Waals surface area contributed by atoms with Gasteiger partial charge in [0.25, 0.3) is 11.6 Å². The minimum absolute atomic E-state index is 0.0100. The van der Waals surface area contributed by atoms with E-state index in [1.165, 1.54) is 42.6 Å². The predicted octanol–water partition coefficient (Wildman–Crippen LogP) is 4.44. The van der Waals surface area contributed by atoms with Gasteiger partial charge in [0.2, 0.25) is 0 Å². The van der Waals surface area contributed by atoms with Crippen molar-refractivity contribution in [2.75, 3.05) is 6.61 Å². The summed E-state index contributed by atoms with van der Waals surface area (Å²) in [5, 5.41) is 14.8. The van der Waals surface area contributed by atoms with E-state index >= 15 is 0 Å². The van der Waals surface area contributed by atoms with Crippen molar-refractivity contribution in [2.45, 2.75) is 18.7 Å². The molecule has 0 radical (unpaired) electrons. The average Bonchev–Trinajstić information content (AvgIpc) is 2.81. The Morgan fingerprint density at radius 2 is 1.89 bits per heavy atom. The van der Waals surface area contributed by atoms with Gasteiger partial charge in [0.1, 0.15) is 4.90 Å². The summed E-state index contributed by atoms with van der Waals surface area (Å²) in [6.45, 7) is 3.84. The van der Waals surface area contributed by atoms with Gasteiger partial charge in [0.15, 0.2) is 11.5 Å². The molecule has 1 amide bonds. The van der Waals surface area contributed by atoms with Crippen molar-refractivity contribution in [2.24, 2.45) is 5.10 Å². The molecule has 1 N–H and O–H groups in total. The molecule has 0 aromatic heterocycles. The van der Waals surface area contributed by atoms with Crippen LogP contribution in [0, 0.1) is 20.6 Å². The molecule has 0 spiro atoms. The van der Waals surface area contributed by atoms with E-state index in [1.807, 2.05) is 29.5 Å². The summed E-state index contributed by atoms with van der Waals surface area (Å²) in [6, 6.07) is 14.6. The number of hydrogen-bond acceptors (Lipinski definition) is 8. The lowest BCUT2D eigenvalue weighted by molar-refractivity contribution is -0.384. The largest absolute Gasteiger partial charge is 0.490 e. The van der Waals surface area contributed by atoms with Crippen molar-refractivity contribution < 1.29 is 27.1 Å². The van der Waals surface area contributed by atoms with Crippen molar-refractivity contribution >= 4 is 50.5 Å². The number of halogens is 1. The fourth-order valence-corrected chi connectivity index (χ4v) is 4.70. The van der Waals surface area contributed by atoms with E-state index in [1.54, 1.807) is 25.1 Å². The van der Waals surface area contributed by atoms with Crippen molar-refractivity contribution in [3.8, 4) is 11.5 Å². The number of hydrogen-bond donors (Lipinski definition) is 1. The zero-order chi connectivity index (χ0) is 25.6. The third-order valence-electron chi connectivity index (χ3n) is 4.53. The van der Waals surface area contributed by atoms with E-state index in [-0.39, 0.29) is 34.3 Å². The highest BCUT2D eigenvalue weighted by Gasteiger charge is 2.22. The van der Waals surface area contributed by atoms with Gasteiger partial charge in [-0.15, -0.1) is 0 Å². The molecule has 3 aromatic rings. The van der Waals surface area contributed by atoms with Crippen LogP contribution in [-0.2, 0) is 10.1 Å². The first-order chi connectivity index (χ1) is 16.6. The fraction of sp³-hybridized carbons (Fsp3) is 0.130. The standard InChI is InChI=1S/C23H20IN3O7S/c1-3-33-21-12-16(14-25-26-23(28)17-5-4-6-18(13-17)27(29)30)11-20(24)22(21)34-35(31,32)19-9-7-15(2)8-10-19/h4-14H,3H2,1-2H3,(H,26,28)/b25-14-. The molecule has 12 heteroatoms. The van der Waals surface area contributed by atoms with E-state index in [0.29, 0.717) is 9.13 Å². The molecule has 0 atom stereocenters. The molecule has 0 saturated heterocycles. The third-order valence-corrected chi connectivity index (χ3v) is 6.57. The van der Waals surface area contributed by atoms with Gasteiger partial charge >= 0.3 is 10.1 Å². The lowest BCUT2D eigenvalue weighted by Crippen LogP contribution is -2.17. The topological polar surface area (TPSA) is 137 Å². The van der Waals surface area contributed by atoms with Gasteiger partial charge in [-0.05, 0) is 72.3 Å². The van der Waals surface area contributed by atoms with Crippen LogP contribution >= 0.6 is 22.6 Å². The van der Waals surface area contributed by atoms with Crippen LogP contribution < -0.4 is 14.3 Å². The summed E-state index contributed by atoms with van der Waals surface area (Å²) in [6.07, 6.45) is 1.33. The highest BCUT2D eigenvalue weighted by atomic mass is 127. The van der Waals surface area contributed by atoms with Gasteiger partial charge < -0.3 is 8.92 Å². The molecule has 182 valence electrons. The molecule has 3 aromatic carbocycles. The summed E-state index contributed by atoms with van der Waals surface area (Å²) in [7, 11) is -4.10. The molecule has 35 heavy (non-hydrogen) atoms. The summed E-state index contributed by atoms with van der Waals surface area (Å²) < 4.78 is 36.9. The quantitative estimate of drug-likeness (QED) is 0.125. The van der Waals surface area contributed by atoms with E-state index in [2.05, 4.69) is 10.5 Å². The number of non-ortho nitro benzene ring substituents is 1. The van der Waals surface area contributed by atoms with Crippen LogP contribution in [0.3, 0.4) is 0 Å². The predicted molar refractivity (Wildman–Crippen MR) is 137 cm³/mol. The van der Waals surface area contributed by atoms with Crippen LogP contribution in [-0.4, -0.2) is 32.1 Å². The number of nitro groups is 1. The van der Waals surface area contributed by atoms with Gasteiger partial charge in [-0.3, -0.25) is 14.9 Å².